The van der Waals surface area contributed by atoms with Gasteiger partial charge in [-0.05, 0) is 30.9 Å². The lowest BCUT2D eigenvalue weighted by Crippen LogP contribution is -2.41. The molecule has 1 N–H and O–H groups in total. The van der Waals surface area contributed by atoms with Crippen LogP contribution in [0.1, 0.15) is 24.0 Å². The summed E-state index contributed by atoms with van der Waals surface area (Å²) in [6, 6.07) is 20.3. The number of nitrogens with zero attached hydrogens (tertiary/aromatic N) is 5. The molecule has 7 heteroatoms. The number of rotatable bonds is 6. The van der Waals surface area contributed by atoms with E-state index in [1.807, 2.05) is 41.1 Å². The van der Waals surface area contributed by atoms with Gasteiger partial charge in [-0.3, -0.25) is 9.78 Å². The number of aryl methyl sites for hydroxylation is 1. The maximum atomic E-state index is 13.3. The molecule has 0 radical (unpaired) electrons. The van der Waals surface area contributed by atoms with E-state index in [9.17, 15) is 4.79 Å². The van der Waals surface area contributed by atoms with Crippen molar-refractivity contribution in [2.24, 2.45) is 5.92 Å². The van der Waals surface area contributed by atoms with E-state index in [2.05, 4.69) is 51.4 Å². The average Bonchev–Trinajstić information content (AvgIpc) is 3.27. The molecule has 2 aromatic carbocycles. The van der Waals surface area contributed by atoms with Crippen LogP contribution >= 0.6 is 0 Å². The largest absolute Gasteiger partial charge is 0.355 e. The highest BCUT2D eigenvalue weighted by molar-refractivity contribution is 5.93. The Balaban J connectivity index is 1.39. The number of aromatic nitrogens is 4. The fourth-order valence-corrected chi connectivity index (χ4v) is 4.47. The first-order valence-electron chi connectivity index (χ1n) is 11.7. The summed E-state index contributed by atoms with van der Waals surface area (Å²) in [7, 11) is 0. The Morgan fingerprint density at radius 1 is 1.09 bits per heavy atom. The van der Waals surface area contributed by atoms with E-state index >= 15 is 0 Å². The Labute approximate surface area is 199 Å². The van der Waals surface area contributed by atoms with Gasteiger partial charge in [0.25, 0.3) is 0 Å². The first kappa shape index (κ1) is 21.8. The van der Waals surface area contributed by atoms with E-state index in [1.165, 1.54) is 0 Å². The molecule has 1 unspecified atom stereocenters. The van der Waals surface area contributed by atoms with Gasteiger partial charge in [-0.2, -0.15) is 5.10 Å². The maximum Gasteiger partial charge on any atom is 0.230 e. The van der Waals surface area contributed by atoms with E-state index in [0.29, 0.717) is 18.9 Å². The molecule has 0 saturated carbocycles. The maximum absolute atomic E-state index is 13.3. The standard InChI is InChI=1S/C27H28N6O/c1-20-8-5-6-12-23(20)24-16-25(33(31-24)18-21-9-3-2-4-10-21)30-27(34)22-11-7-15-32(19-22)26-17-28-13-14-29-26/h2-6,8-10,12-14,16-17,22H,7,11,15,18-19H2,1H3,(H,30,34). The summed E-state index contributed by atoms with van der Waals surface area (Å²) in [5.74, 6) is 1.41. The van der Waals surface area contributed by atoms with Crippen molar-refractivity contribution in [2.75, 3.05) is 23.3 Å². The van der Waals surface area contributed by atoms with Crippen LogP contribution in [0.3, 0.4) is 0 Å². The number of hydrogen-bond acceptors (Lipinski definition) is 5. The van der Waals surface area contributed by atoms with Crippen LogP contribution in [-0.4, -0.2) is 38.7 Å². The first-order chi connectivity index (χ1) is 16.7. The molecule has 172 valence electrons. The minimum absolute atomic E-state index is 0.0131. The van der Waals surface area contributed by atoms with Crippen LogP contribution in [0.2, 0.25) is 0 Å². The van der Waals surface area contributed by atoms with E-state index in [-0.39, 0.29) is 11.8 Å². The van der Waals surface area contributed by atoms with Gasteiger partial charge < -0.3 is 10.2 Å². The Hall–Kier alpha value is -4.00. The number of nitrogens with one attached hydrogen (secondary N) is 1. The second-order valence-corrected chi connectivity index (χ2v) is 8.71. The molecule has 0 bridgehead atoms. The lowest BCUT2D eigenvalue weighted by atomic mass is 9.97. The van der Waals surface area contributed by atoms with Crippen LogP contribution in [0.4, 0.5) is 11.6 Å². The van der Waals surface area contributed by atoms with Gasteiger partial charge in [-0.1, -0.05) is 54.6 Å². The zero-order valence-electron chi connectivity index (χ0n) is 19.3. The molecule has 0 spiro atoms. The van der Waals surface area contributed by atoms with Gasteiger partial charge in [0.2, 0.25) is 5.91 Å². The van der Waals surface area contributed by atoms with Gasteiger partial charge in [-0.15, -0.1) is 0 Å². The van der Waals surface area contributed by atoms with Crippen molar-refractivity contribution in [1.82, 2.24) is 19.7 Å². The molecule has 1 amide bonds. The lowest BCUT2D eigenvalue weighted by Gasteiger charge is -2.32. The topological polar surface area (TPSA) is 75.9 Å². The highest BCUT2D eigenvalue weighted by atomic mass is 16.2. The molecule has 1 aliphatic rings. The van der Waals surface area contributed by atoms with Crippen molar-refractivity contribution in [3.05, 3.63) is 90.4 Å². The number of piperidine rings is 1. The van der Waals surface area contributed by atoms with Crippen molar-refractivity contribution in [1.29, 1.82) is 0 Å². The zero-order valence-corrected chi connectivity index (χ0v) is 19.3. The van der Waals surface area contributed by atoms with Crippen LogP contribution in [0.15, 0.2) is 79.3 Å². The molecule has 1 saturated heterocycles. The minimum atomic E-state index is -0.127. The summed E-state index contributed by atoms with van der Waals surface area (Å²) in [4.78, 5) is 24.1. The normalized spacial score (nSPS) is 15.8. The van der Waals surface area contributed by atoms with Crippen LogP contribution in [0, 0.1) is 12.8 Å². The fraction of sp³-hybridized carbons (Fsp3) is 0.259. The highest BCUT2D eigenvalue weighted by Crippen LogP contribution is 2.27. The van der Waals surface area contributed by atoms with Crippen LogP contribution in [0.25, 0.3) is 11.3 Å². The van der Waals surface area contributed by atoms with Crippen molar-refractivity contribution in [3.63, 3.8) is 0 Å². The number of hydrogen-bond donors (Lipinski definition) is 1. The number of anilines is 2. The summed E-state index contributed by atoms with van der Waals surface area (Å²) in [6.07, 6.45) is 6.89. The van der Waals surface area contributed by atoms with Gasteiger partial charge in [0.05, 0.1) is 24.4 Å². The van der Waals surface area contributed by atoms with Gasteiger partial charge >= 0.3 is 0 Å². The predicted molar refractivity (Wildman–Crippen MR) is 134 cm³/mol. The molecule has 3 heterocycles. The SMILES string of the molecule is Cc1ccccc1-c1cc(NC(=O)C2CCCN(c3cnccn3)C2)n(Cc2ccccc2)n1. The molecule has 0 aliphatic carbocycles. The molecule has 4 aromatic rings. The summed E-state index contributed by atoms with van der Waals surface area (Å²) < 4.78 is 1.89. The molecule has 1 aliphatic heterocycles. The second-order valence-electron chi connectivity index (χ2n) is 8.71. The van der Waals surface area contributed by atoms with E-state index < -0.39 is 0 Å². The summed E-state index contributed by atoms with van der Waals surface area (Å²) in [5.41, 5.74) is 4.20. The van der Waals surface area contributed by atoms with E-state index in [4.69, 9.17) is 5.10 Å². The Morgan fingerprint density at radius 3 is 2.71 bits per heavy atom. The molecule has 1 atom stereocenters. The summed E-state index contributed by atoms with van der Waals surface area (Å²) in [5, 5.41) is 8.05. The van der Waals surface area contributed by atoms with Crippen LogP contribution in [-0.2, 0) is 11.3 Å². The molecular weight excluding hydrogens is 424 g/mol. The van der Waals surface area contributed by atoms with Crippen LogP contribution < -0.4 is 10.2 Å². The third kappa shape index (κ3) is 4.83. The average molecular weight is 453 g/mol. The molecule has 5 rings (SSSR count). The molecule has 34 heavy (non-hydrogen) atoms. The second kappa shape index (κ2) is 9.87. The number of amides is 1. The van der Waals surface area contributed by atoms with Gasteiger partial charge in [0, 0.05) is 37.1 Å². The Bertz CT molecular complexity index is 1250. The summed E-state index contributed by atoms with van der Waals surface area (Å²) in [6.45, 7) is 4.17. The Morgan fingerprint density at radius 2 is 1.91 bits per heavy atom. The predicted octanol–water partition coefficient (Wildman–Crippen LogP) is 4.55. The number of benzene rings is 2. The van der Waals surface area contributed by atoms with Crippen molar-refractivity contribution in [2.45, 2.75) is 26.3 Å². The first-order valence-corrected chi connectivity index (χ1v) is 11.7. The van der Waals surface area contributed by atoms with Gasteiger partial charge in [-0.25, -0.2) is 9.67 Å². The van der Waals surface area contributed by atoms with Gasteiger partial charge in [0.15, 0.2) is 0 Å². The highest BCUT2D eigenvalue weighted by Gasteiger charge is 2.27. The van der Waals surface area contributed by atoms with Crippen molar-refractivity contribution in [3.8, 4) is 11.3 Å². The minimum Gasteiger partial charge on any atom is -0.355 e. The third-order valence-electron chi connectivity index (χ3n) is 6.29. The van der Waals surface area contributed by atoms with E-state index in [1.54, 1.807) is 18.6 Å². The molecular formula is C27H28N6O. The quantitative estimate of drug-likeness (QED) is 0.464. The Kier molecular flexibility index (Phi) is 6.33. The van der Waals surface area contributed by atoms with E-state index in [0.717, 1.165) is 47.6 Å². The zero-order chi connectivity index (χ0) is 23.3. The third-order valence-corrected chi connectivity index (χ3v) is 6.29. The number of carbonyl (C=O) groups is 1. The fourth-order valence-electron chi connectivity index (χ4n) is 4.47. The van der Waals surface area contributed by atoms with Crippen LogP contribution in [0.5, 0.6) is 0 Å². The van der Waals surface area contributed by atoms with Gasteiger partial charge in [0.1, 0.15) is 11.6 Å². The number of carbonyl (C=O) groups excluding carboxylic acids is 1. The molecule has 1 fully saturated rings. The molecule has 2 aromatic heterocycles. The summed E-state index contributed by atoms with van der Waals surface area (Å²) >= 11 is 0. The molecule has 7 nitrogen and oxygen atoms in total. The monoisotopic (exact) mass is 452 g/mol. The van der Waals surface area contributed by atoms with Crippen molar-refractivity contribution < 1.29 is 4.79 Å². The lowest BCUT2D eigenvalue weighted by molar-refractivity contribution is -0.120. The van der Waals surface area contributed by atoms with Crippen molar-refractivity contribution >= 4 is 17.5 Å². The smallest absolute Gasteiger partial charge is 0.230 e.